The summed E-state index contributed by atoms with van der Waals surface area (Å²) in [7, 11) is 0. The Balaban J connectivity index is 1.59. The number of hydrogen-bond acceptors (Lipinski definition) is 5. The lowest BCUT2D eigenvalue weighted by molar-refractivity contribution is -0.132. The molecule has 4 aromatic rings. The first-order valence-corrected chi connectivity index (χ1v) is 15.3. The SMILES string of the molecule is [2H]c1c([2H])c(CSc2nc(=O)c3c(n2CC(=O)N(Cc2ccc(-c4ccc(CF)cc4)cc2)C([2H])([2H])C([2H])([2H])N(C([2H])([2H])C)C([2H])([2H])C)CCC3)c([2H])c([2H])c1F. The van der Waals surface area contributed by atoms with E-state index in [2.05, 4.69) is 4.98 Å². The summed E-state index contributed by atoms with van der Waals surface area (Å²) in [6.45, 7) is -12.7. The van der Waals surface area contributed by atoms with Crippen LogP contribution in [0, 0.1) is 5.82 Å². The van der Waals surface area contributed by atoms with E-state index in [0.29, 0.717) is 52.1 Å². The van der Waals surface area contributed by atoms with E-state index in [1.54, 1.807) is 48.5 Å². The monoisotopic (exact) mass is 642 g/mol. The number of rotatable bonds is 14. The number of halogens is 2. The zero-order valence-corrected chi connectivity index (χ0v) is 25.7. The zero-order chi connectivity index (χ0) is 42.4. The number of nitrogens with zero attached hydrogens (tertiary/aromatic N) is 4. The number of hydrogen-bond donors (Lipinski definition) is 0. The van der Waals surface area contributed by atoms with Gasteiger partial charge < -0.3 is 14.4 Å². The summed E-state index contributed by atoms with van der Waals surface area (Å²) in [6.07, 6.45) is 1.12. The van der Waals surface area contributed by atoms with Crippen LogP contribution in [0.5, 0.6) is 0 Å². The summed E-state index contributed by atoms with van der Waals surface area (Å²) in [5.41, 5.74) is 2.11. The number of fused-ring (bicyclic) bond motifs is 1. The number of amides is 1. The normalized spacial score (nSPS) is 17.6. The van der Waals surface area contributed by atoms with Crippen molar-refractivity contribution in [3.63, 3.8) is 0 Å². The largest absolute Gasteiger partial charge is 0.336 e. The van der Waals surface area contributed by atoms with Gasteiger partial charge in [0, 0.05) is 44.8 Å². The fourth-order valence-corrected chi connectivity index (χ4v) is 5.80. The first-order chi connectivity index (χ1) is 26.4. The Bertz CT molecular complexity index is 2170. The van der Waals surface area contributed by atoms with Crippen molar-refractivity contribution in [1.82, 2.24) is 19.4 Å². The maximum absolute atomic E-state index is 14.6. The minimum Gasteiger partial charge on any atom is -0.336 e. The topological polar surface area (TPSA) is 58.4 Å². The van der Waals surface area contributed by atoms with Crippen molar-refractivity contribution in [2.24, 2.45) is 0 Å². The Labute approximate surface area is 285 Å². The molecular weight excluding hydrogens is 590 g/mol. The molecule has 0 atom stereocenters. The van der Waals surface area contributed by atoms with E-state index in [4.69, 9.17) is 13.7 Å². The van der Waals surface area contributed by atoms with Crippen LogP contribution in [-0.2, 0) is 43.2 Å². The molecule has 6 nitrogen and oxygen atoms in total. The number of aromatic nitrogens is 2. The van der Waals surface area contributed by atoms with Gasteiger partial charge in [-0.1, -0.05) is 86.2 Å². The van der Waals surface area contributed by atoms with Gasteiger partial charge in [0.05, 0.1) is 8.22 Å². The van der Waals surface area contributed by atoms with E-state index in [1.165, 1.54) is 4.57 Å². The zero-order valence-electron chi connectivity index (χ0n) is 36.8. The summed E-state index contributed by atoms with van der Waals surface area (Å²) < 4.78 is 130. The van der Waals surface area contributed by atoms with E-state index in [-0.39, 0.29) is 21.4 Å². The molecule has 236 valence electrons. The highest BCUT2D eigenvalue weighted by atomic mass is 32.2. The van der Waals surface area contributed by atoms with E-state index < -0.39 is 87.2 Å². The van der Waals surface area contributed by atoms with Crippen LogP contribution in [0.2, 0.25) is 0 Å². The summed E-state index contributed by atoms with van der Waals surface area (Å²) in [5, 5.41) is -0.113. The molecule has 0 saturated carbocycles. The number of thioether (sulfide) groups is 1. The van der Waals surface area contributed by atoms with Gasteiger partial charge in [0.1, 0.15) is 19.0 Å². The molecule has 0 radical (unpaired) electrons. The average Bonchev–Trinajstić information content (AvgIpc) is 3.63. The Morgan fingerprint density at radius 3 is 2.22 bits per heavy atom. The number of alkyl halides is 1. The van der Waals surface area contributed by atoms with Crippen molar-refractivity contribution in [3.8, 4) is 11.1 Å². The molecule has 9 heteroatoms. The molecule has 0 saturated heterocycles. The van der Waals surface area contributed by atoms with Gasteiger partial charge in [-0.05, 0) is 72.2 Å². The van der Waals surface area contributed by atoms with Crippen LogP contribution in [0.1, 0.15) is 64.7 Å². The van der Waals surface area contributed by atoms with Crippen molar-refractivity contribution in [3.05, 3.63) is 117 Å². The Hall–Kier alpha value is -3.82. The molecule has 1 aliphatic rings. The molecule has 0 N–H and O–H groups in total. The fourth-order valence-electron chi connectivity index (χ4n) is 4.91. The van der Waals surface area contributed by atoms with Crippen LogP contribution in [-0.4, -0.2) is 51.2 Å². The van der Waals surface area contributed by atoms with Gasteiger partial charge >= 0.3 is 0 Å². The van der Waals surface area contributed by atoms with Gasteiger partial charge in [0.2, 0.25) is 5.91 Å². The van der Waals surface area contributed by atoms with Crippen LogP contribution < -0.4 is 5.56 Å². The first kappa shape index (κ1) is 20.3. The molecule has 0 bridgehead atoms. The maximum Gasteiger partial charge on any atom is 0.277 e. The van der Waals surface area contributed by atoms with Crippen molar-refractivity contribution in [2.75, 3.05) is 26.0 Å². The molecule has 3 aromatic carbocycles. The molecule has 0 aliphatic heterocycles. The van der Waals surface area contributed by atoms with E-state index in [9.17, 15) is 21.1 Å². The summed E-state index contributed by atoms with van der Waals surface area (Å²) >= 11 is 0.772. The van der Waals surface area contributed by atoms with Gasteiger partial charge in [-0.2, -0.15) is 4.98 Å². The standard InChI is InChI=1S/C36H40F2N4O2S/c1-3-40(4-2)20-21-41(23-27-10-16-30(17-11-27)29-14-8-26(22-37)9-15-29)34(43)24-42-33-7-5-6-32(33)35(44)39-36(42)45-25-28-12-18-31(38)19-13-28/h8-19H,3-7,20-25H2,1-2H3/i3D2,4D2,12D,13D,18D,19D,20D2,21D2. The van der Waals surface area contributed by atoms with Crippen molar-refractivity contribution in [2.45, 2.75) is 63.8 Å². The Kier molecular flexibility index (Phi) is 6.98. The smallest absolute Gasteiger partial charge is 0.277 e. The van der Waals surface area contributed by atoms with Crippen LogP contribution in [0.3, 0.4) is 0 Å². The van der Waals surface area contributed by atoms with Crippen LogP contribution in [0.15, 0.2) is 82.7 Å². The van der Waals surface area contributed by atoms with Gasteiger partial charge in [0.15, 0.2) is 5.16 Å². The van der Waals surface area contributed by atoms with Crippen LogP contribution in [0.25, 0.3) is 11.1 Å². The summed E-state index contributed by atoms with van der Waals surface area (Å²) in [6, 6.07) is 10.1. The van der Waals surface area contributed by atoms with Gasteiger partial charge in [-0.3, -0.25) is 9.59 Å². The quantitative estimate of drug-likeness (QED) is 0.114. The molecule has 1 aromatic heterocycles. The second kappa shape index (κ2) is 15.5. The third-order valence-electron chi connectivity index (χ3n) is 7.27. The number of benzene rings is 3. The lowest BCUT2D eigenvalue weighted by atomic mass is 10.0. The van der Waals surface area contributed by atoms with Crippen molar-refractivity contribution in [1.29, 1.82) is 0 Å². The third-order valence-corrected chi connectivity index (χ3v) is 8.27. The average molecular weight is 643 g/mol. The van der Waals surface area contributed by atoms with Crippen LogP contribution >= 0.6 is 11.8 Å². The lowest BCUT2D eigenvalue weighted by Crippen LogP contribution is -2.40. The van der Waals surface area contributed by atoms with E-state index in [1.807, 2.05) is 0 Å². The number of carbonyl (C=O) groups excluding carboxylic acids is 1. The number of likely N-dealkylation sites (N-methyl/N-ethyl adjacent to an activating group) is 1. The van der Waals surface area contributed by atoms with E-state index >= 15 is 0 Å². The minimum atomic E-state index is -3.52. The highest BCUT2D eigenvalue weighted by Gasteiger charge is 2.25. The molecule has 1 aliphatic carbocycles. The summed E-state index contributed by atoms with van der Waals surface area (Å²) in [5.74, 6) is -2.73. The predicted molar refractivity (Wildman–Crippen MR) is 176 cm³/mol. The molecule has 45 heavy (non-hydrogen) atoms. The molecule has 0 spiro atoms. The second-order valence-corrected chi connectivity index (χ2v) is 11.1. The highest BCUT2D eigenvalue weighted by molar-refractivity contribution is 7.98. The maximum atomic E-state index is 14.6. The molecular formula is C36H40F2N4O2S. The van der Waals surface area contributed by atoms with Crippen molar-refractivity contribution >= 4 is 17.7 Å². The lowest BCUT2D eigenvalue weighted by Gasteiger charge is -2.28. The first-order valence-electron chi connectivity index (χ1n) is 20.3. The van der Waals surface area contributed by atoms with Crippen LogP contribution in [0.4, 0.5) is 8.78 Å². The van der Waals surface area contributed by atoms with Gasteiger partial charge in [0.25, 0.3) is 5.56 Å². The molecule has 1 amide bonds. The Morgan fingerprint density at radius 1 is 0.956 bits per heavy atom. The Morgan fingerprint density at radius 2 is 1.60 bits per heavy atom. The third kappa shape index (κ3) is 8.27. The highest BCUT2D eigenvalue weighted by Crippen LogP contribution is 2.27. The molecule has 0 unspecified atom stereocenters. The van der Waals surface area contributed by atoms with E-state index in [0.717, 1.165) is 31.2 Å². The molecule has 1 heterocycles. The van der Waals surface area contributed by atoms with Crippen molar-refractivity contribution < 1.29 is 30.0 Å². The second-order valence-electron chi connectivity index (χ2n) is 10.2. The number of carbonyl (C=O) groups is 1. The molecule has 5 rings (SSSR count). The fraction of sp³-hybridized carbons (Fsp3) is 0.361. The minimum absolute atomic E-state index is 0.0814. The summed E-state index contributed by atoms with van der Waals surface area (Å²) in [4.78, 5) is 32.5. The van der Waals surface area contributed by atoms with Gasteiger partial charge in [-0.15, -0.1) is 0 Å². The molecule has 0 fully saturated rings. The van der Waals surface area contributed by atoms with Gasteiger partial charge in [-0.25, -0.2) is 8.78 Å². The predicted octanol–water partition coefficient (Wildman–Crippen LogP) is 6.67.